The maximum Gasteiger partial charge on any atom is 0.340 e. The van der Waals surface area contributed by atoms with E-state index in [9.17, 15) is 4.79 Å². The van der Waals surface area contributed by atoms with Crippen LogP contribution < -0.4 is 0 Å². The molecular formula is C21H18O2S. The second-order valence-electron chi connectivity index (χ2n) is 5.31. The van der Waals surface area contributed by atoms with Crippen LogP contribution in [0, 0.1) is 0 Å². The second-order valence-corrected chi connectivity index (χ2v) is 6.16. The topological polar surface area (TPSA) is 26.3 Å². The first-order chi connectivity index (χ1) is 11.8. The number of esters is 1. The van der Waals surface area contributed by atoms with Gasteiger partial charge in [0.1, 0.15) is 0 Å². The molecular weight excluding hydrogens is 316 g/mol. The van der Waals surface area contributed by atoms with Crippen molar-refractivity contribution < 1.29 is 9.53 Å². The predicted molar refractivity (Wildman–Crippen MR) is 98.4 cm³/mol. The standard InChI is InChI=1S/C21H18O2S/c1-24-19-15-9-8-14-18(19)21(22)23-20(16-10-4-2-5-11-16)17-12-6-3-7-13-17/h2-15,20H,1H3. The molecule has 120 valence electrons. The molecule has 24 heavy (non-hydrogen) atoms. The van der Waals surface area contributed by atoms with Gasteiger partial charge in [-0.3, -0.25) is 0 Å². The molecule has 0 N–H and O–H groups in total. The van der Waals surface area contributed by atoms with Gasteiger partial charge in [-0.05, 0) is 29.5 Å². The molecule has 2 nitrogen and oxygen atoms in total. The highest BCUT2D eigenvalue weighted by Gasteiger charge is 2.21. The number of thioether (sulfide) groups is 1. The highest BCUT2D eigenvalue weighted by Crippen LogP contribution is 2.29. The lowest BCUT2D eigenvalue weighted by atomic mass is 10.0. The van der Waals surface area contributed by atoms with Gasteiger partial charge in [-0.2, -0.15) is 0 Å². The molecule has 0 radical (unpaired) electrons. The molecule has 0 bridgehead atoms. The summed E-state index contributed by atoms with van der Waals surface area (Å²) in [6.45, 7) is 0. The molecule has 0 saturated carbocycles. The van der Waals surface area contributed by atoms with Gasteiger partial charge in [-0.25, -0.2) is 4.79 Å². The molecule has 0 aliphatic carbocycles. The van der Waals surface area contributed by atoms with Gasteiger partial charge in [-0.1, -0.05) is 72.8 Å². The average molecular weight is 334 g/mol. The SMILES string of the molecule is CSc1ccccc1C(=O)OC(c1ccccc1)c1ccccc1. The zero-order valence-corrected chi connectivity index (χ0v) is 14.2. The Hall–Kier alpha value is -2.52. The lowest BCUT2D eigenvalue weighted by Gasteiger charge is -2.19. The third kappa shape index (κ3) is 3.69. The van der Waals surface area contributed by atoms with Crippen LogP contribution in [0.2, 0.25) is 0 Å². The van der Waals surface area contributed by atoms with Gasteiger partial charge in [0.05, 0.1) is 5.56 Å². The van der Waals surface area contributed by atoms with Crippen LogP contribution in [0.25, 0.3) is 0 Å². The Morgan fingerprint density at radius 2 is 1.29 bits per heavy atom. The second kappa shape index (κ2) is 7.84. The van der Waals surface area contributed by atoms with Crippen molar-refractivity contribution in [3.8, 4) is 0 Å². The minimum absolute atomic E-state index is 0.308. The lowest BCUT2D eigenvalue weighted by Crippen LogP contribution is -2.13. The number of ether oxygens (including phenoxy) is 1. The molecule has 0 spiro atoms. The van der Waals surface area contributed by atoms with Gasteiger partial charge < -0.3 is 4.74 Å². The van der Waals surface area contributed by atoms with Gasteiger partial charge in [0.25, 0.3) is 0 Å². The summed E-state index contributed by atoms with van der Waals surface area (Å²) in [5.74, 6) is -0.308. The van der Waals surface area contributed by atoms with E-state index in [4.69, 9.17) is 4.74 Å². The van der Waals surface area contributed by atoms with E-state index in [2.05, 4.69) is 0 Å². The number of benzene rings is 3. The molecule has 3 heteroatoms. The van der Waals surface area contributed by atoms with Gasteiger partial charge in [0.2, 0.25) is 0 Å². The maximum atomic E-state index is 12.7. The summed E-state index contributed by atoms with van der Waals surface area (Å²) in [7, 11) is 0. The summed E-state index contributed by atoms with van der Waals surface area (Å²) in [6, 6.07) is 27.2. The number of hydrogen-bond acceptors (Lipinski definition) is 3. The first-order valence-electron chi connectivity index (χ1n) is 7.73. The fourth-order valence-electron chi connectivity index (χ4n) is 2.57. The highest BCUT2D eigenvalue weighted by atomic mass is 32.2. The number of rotatable bonds is 5. The Balaban J connectivity index is 1.94. The van der Waals surface area contributed by atoms with E-state index in [0.717, 1.165) is 16.0 Å². The molecule has 3 rings (SSSR count). The molecule has 0 fully saturated rings. The summed E-state index contributed by atoms with van der Waals surface area (Å²) in [5.41, 5.74) is 2.51. The van der Waals surface area contributed by atoms with Crippen molar-refractivity contribution in [3.05, 3.63) is 102 Å². The smallest absolute Gasteiger partial charge is 0.340 e. The molecule has 3 aromatic carbocycles. The molecule has 0 heterocycles. The number of carbonyl (C=O) groups is 1. The van der Waals surface area contributed by atoms with Crippen LogP contribution in [-0.2, 0) is 4.74 Å². The monoisotopic (exact) mass is 334 g/mol. The highest BCUT2D eigenvalue weighted by molar-refractivity contribution is 7.98. The number of carbonyl (C=O) groups excluding carboxylic acids is 1. The molecule has 0 saturated heterocycles. The Bertz CT molecular complexity index is 761. The molecule has 0 atom stereocenters. The Labute approximate surface area is 146 Å². The minimum atomic E-state index is -0.421. The fraction of sp³-hybridized carbons (Fsp3) is 0.0952. The summed E-state index contributed by atoms with van der Waals surface area (Å²) in [4.78, 5) is 13.7. The summed E-state index contributed by atoms with van der Waals surface area (Å²) >= 11 is 1.54. The van der Waals surface area contributed by atoms with E-state index in [1.807, 2.05) is 85.1 Å². The third-order valence-corrected chi connectivity index (χ3v) is 4.55. The van der Waals surface area contributed by atoms with E-state index in [1.165, 1.54) is 0 Å². The minimum Gasteiger partial charge on any atom is -0.449 e. The van der Waals surface area contributed by atoms with Crippen LogP contribution in [0.3, 0.4) is 0 Å². The van der Waals surface area contributed by atoms with Crippen molar-refractivity contribution in [1.29, 1.82) is 0 Å². The predicted octanol–water partition coefficient (Wildman–Crippen LogP) is 5.35. The third-order valence-electron chi connectivity index (χ3n) is 3.76. The van der Waals surface area contributed by atoms with Gasteiger partial charge in [0, 0.05) is 4.90 Å². The molecule has 0 unspecified atom stereocenters. The molecule has 0 amide bonds. The molecule has 0 aromatic heterocycles. The van der Waals surface area contributed by atoms with E-state index < -0.39 is 6.10 Å². The molecule has 3 aromatic rings. The van der Waals surface area contributed by atoms with Crippen molar-refractivity contribution in [2.24, 2.45) is 0 Å². The van der Waals surface area contributed by atoms with Crippen molar-refractivity contribution >= 4 is 17.7 Å². The molecule has 0 aliphatic heterocycles. The summed E-state index contributed by atoms with van der Waals surface area (Å²) < 4.78 is 5.90. The zero-order chi connectivity index (χ0) is 16.8. The quantitative estimate of drug-likeness (QED) is 0.464. The first kappa shape index (κ1) is 16.3. The van der Waals surface area contributed by atoms with Crippen molar-refractivity contribution in [2.45, 2.75) is 11.0 Å². The van der Waals surface area contributed by atoms with Crippen molar-refractivity contribution in [3.63, 3.8) is 0 Å². The van der Waals surface area contributed by atoms with Crippen LogP contribution in [-0.4, -0.2) is 12.2 Å². The van der Waals surface area contributed by atoms with Crippen molar-refractivity contribution in [2.75, 3.05) is 6.26 Å². The van der Waals surface area contributed by atoms with Crippen LogP contribution in [0.1, 0.15) is 27.6 Å². The first-order valence-corrected chi connectivity index (χ1v) is 8.96. The van der Waals surface area contributed by atoms with Crippen molar-refractivity contribution in [1.82, 2.24) is 0 Å². The summed E-state index contributed by atoms with van der Waals surface area (Å²) in [5, 5.41) is 0. The summed E-state index contributed by atoms with van der Waals surface area (Å²) in [6.07, 6.45) is 1.53. The zero-order valence-electron chi connectivity index (χ0n) is 13.4. The van der Waals surface area contributed by atoms with Crippen LogP contribution >= 0.6 is 11.8 Å². The van der Waals surface area contributed by atoms with Gasteiger partial charge >= 0.3 is 5.97 Å². The maximum absolute atomic E-state index is 12.7. The normalized spacial score (nSPS) is 10.6. The largest absolute Gasteiger partial charge is 0.449 e. The average Bonchev–Trinajstić information content (AvgIpc) is 2.67. The van der Waals surface area contributed by atoms with Crippen LogP contribution in [0.4, 0.5) is 0 Å². The number of hydrogen-bond donors (Lipinski definition) is 0. The Morgan fingerprint density at radius 1 is 0.792 bits per heavy atom. The van der Waals surface area contributed by atoms with Crippen LogP contribution in [0.5, 0.6) is 0 Å². The lowest BCUT2D eigenvalue weighted by molar-refractivity contribution is 0.0374. The van der Waals surface area contributed by atoms with Gasteiger partial charge in [-0.15, -0.1) is 11.8 Å². The Morgan fingerprint density at radius 3 is 1.83 bits per heavy atom. The Kier molecular flexibility index (Phi) is 5.34. The molecule has 0 aliphatic rings. The van der Waals surface area contributed by atoms with E-state index in [0.29, 0.717) is 5.56 Å². The fourth-order valence-corrected chi connectivity index (χ4v) is 3.15. The van der Waals surface area contributed by atoms with Crippen LogP contribution in [0.15, 0.2) is 89.8 Å². The van der Waals surface area contributed by atoms with E-state index >= 15 is 0 Å². The van der Waals surface area contributed by atoms with Gasteiger partial charge in [0.15, 0.2) is 6.10 Å². The van der Waals surface area contributed by atoms with E-state index in [-0.39, 0.29) is 5.97 Å². The van der Waals surface area contributed by atoms with E-state index in [1.54, 1.807) is 17.8 Å².